The van der Waals surface area contributed by atoms with Gasteiger partial charge in [-0.1, -0.05) is 43.7 Å². The lowest BCUT2D eigenvalue weighted by molar-refractivity contribution is 0.419. The fourth-order valence-corrected chi connectivity index (χ4v) is 3.11. The number of hydrogen-bond donors (Lipinski definition) is 1. The van der Waals surface area contributed by atoms with Crippen LogP contribution in [0, 0.1) is 6.92 Å². The molecule has 1 unspecified atom stereocenters. The lowest BCUT2D eigenvalue weighted by Crippen LogP contribution is -2.24. The van der Waals surface area contributed by atoms with E-state index in [9.17, 15) is 0 Å². The van der Waals surface area contributed by atoms with Gasteiger partial charge in [-0.2, -0.15) is 0 Å². The highest BCUT2D eigenvalue weighted by Gasteiger charge is 2.22. The van der Waals surface area contributed by atoms with Gasteiger partial charge in [-0.25, -0.2) is 0 Å². The monoisotopic (exact) mass is 280 g/mol. The molecule has 1 atom stereocenters. The standard InChI is InChI=1S/C19H24N2/c1-3-20-19(18-14(2)7-6-12-21-18)17-11-5-10-16(13-17)15-8-4-9-15/h5-7,10-13,15,19-20H,3-4,8-9H2,1-2H3. The Hall–Kier alpha value is -1.67. The van der Waals surface area contributed by atoms with E-state index in [1.807, 2.05) is 12.3 Å². The van der Waals surface area contributed by atoms with Crippen LogP contribution in [0.15, 0.2) is 42.6 Å². The molecule has 1 heterocycles. The highest BCUT2D eigenvalue weighted by atomic mass is 14.9. The molecule has 0 saturated heterocycles. The third-order valence-corrected chi connectivity index (χ3v) is 4.55. The molecule has 0 bridgehead atoms. The van der Waals surface area contributed by atoms with Crippen LogP contribution >= 0.6 is 0 Å². The number of pyridine rings is 1. The van der Waals surface area contributed by atoms with Gasteiger partial charge in [0.1, 0.15) is 0 Å². The second kappa shape index (κ2) is 6.40. The van der Waals surface area contributed by atoms with E-state index in [1.165, 1.54) is 36.0 Å². The van der Waals surface area contributed by atoms with Gasteiger partial charge in [-0.3, -0.25) is 4.98 Å². The first-order valence-electron chi connectivity index (χ1n) is 8.04. The van der Waals surface area contributed by atoms with Gasteiger partial charge in [0.05, 0.1) is 11.7 Å². The summed E-state index contributed by atoms with van der Waals surface area (Å²) in [4.78, 5) is 4.62. The summed E-state index contributed by atoms with van der Waals surface area (Å²) in [6.07, 6.45) is 5.96. The maximum atomic E-state index is 4.62. The van der Waals surface area contributed by atoms with Gasteiger partial charge < -0.3 is 5.32 Å². The van der Waals surface area contributed by atoms with Crippen LogP contribution in [0.2, 0.25) is 0 Å². The zero-order chi connectivity index (χ0) is 14.7. The van der Waals surface area contributed by atoms with Crippen molar-refractivity contribution in [2.45, 2.75) is 45.1 Å². The van der Waals surface area contributed by atoms with E-state index < -0.39 is 0 Å². The van der Waals surface area contributed by atoms with E-state index in [0.29, 0.717) is 0 Å². The average molecular weight is 280 g/mol. The topological polar surface area (TPSA) is 24.9 Å². The molecule has 1 fully saturated rings. The van der Waals surface area contributed by atoms with Crippen LogP contribution in [0.4, 0.5) is 0 Å². The number of rotatable bonds is 5. The van der Waals surface area contributed by atoms with Crippen LogP contribution in [0.1, 0.15) is 60.5 Å². The lowest BCUT2D eigenvalue weighted by atomic mass is 9.79. The molecular weight excluding hydrogens is 256 g/mol. The largest absolute Gasteiger partial charge is 0.305 e. The molecule has 1 aromatic carbocycles. The maximum Gasteiger partial charge on any atom is 0.0754 e. The quantitative estimate of drug-likeness (QED) is 0.880. The zero-order valence-corrected chi connectivity index (χ0v) is 13.0. The normalized spacial score (nSPS) is 16.5. The summed E-state index contributed by atoms with van der Waals surface area (Å²) in [5.74, 6) is 0.775. The molecule has 1 N–H and O–H groups in total. The van der Waals surface area contributed by atoms with E-state index in [4.69, 9.17) is 0 Å². The molecule has 21 heavy (non-hydrogen) atoms. The smallest absolute Gasteiger partial charge is 0.0754 e. The Morgan fingerprint density at radius 1 is 1.24 bits per heavy atom. The average Bonchev–Trinajstić information content (AvgIpc) is 2.44. The fraction of sp³-hybridized carbons (Fsp3) is 0.421. The number of aromatic nitrogens is 1. The summed E-state index contributed by atoms with van der Waals surface area (Å²) >= 11 is 0. The predicted octanol–water partition coefficient (Wildman–Crippen LogP) is 4.36. The first-order valence-corrected chi connectivity index (χ1v) is 8.04. The molecule has 110 valence electrons. The summed E-state index contributed by atoms with van der Waals surface area (Å²) in [5.41, 5.74) is 5.22. The van der Waals surface area contributed by atoms with Crippen LogP contribution < -0.4 is 5.32 Å². The summed E-state index contributed by atoms with van der Waals surface area (Å²) in [6, 6.07) is 13.4. The van der Waals surface area contributed by atoms with Gasteiger partial charge in [-0.15, -0.1) is 0 Å². The zero-order valence-electron chi connectivity index (χ0n) is 13.0. The van der Waals surface area contributed by atoms with Crippen LogP contribution in [0.25, 0.3) is 0 Å². The molecule has 1 aliphatic carbocycles. The minimum atomic E-state index is 0.191. The molecule has 2 aromatic rings. The second-order valence-corrected chi connectivity index (χ2v) is 5.99. The van der Waals surface area contributed by atoms with Crippen molar-refractivity contribution in [3.8, 4) is 0 Å². The summed E-state index contributed by atoms with van der Waals surface area (Å²) in [6.45, 7) is 5.23. The van der Waals surface area contributed by atoms with Crippen molar-refractivity contribution in [3.63, 3.8) is 0 Å². The van der Waals surface area contributed by atoms with Crippen LogP contribution in [-0.2, 0) is 0 Å². The van der Waals surface area contributed by atoms with Gasteiger partial charge >= 0.3 is 0 Å². The number of aryl methyl sites for hydroxylation is 1. The van der Waals surface area contributed by atoms with E-state index in [0.717, 1.165) is 18.2 Å². The molecule has 2 nitrogen and oxygen atoms in total. The van der Waals surface area contributed by atoms with E-state index in [2.05, 4.69) is 54.5 Å². The molecule has 2 heteroatoms. The molecule has 3 rings (SSSR count). The number of hydrogen-bond acceptors (Lipinski definition) is 2. The lowest BCUT2D eigenvalue weighted by Gasteiger charge is -2.27. The van der Waals surface area contributed by atoms with Crippen LogP contribution in [0.5, 0.6) is 0 Å². The number of nitrogens with zero attached hydrogens (tertiary/aromatic N) is 1. The van der Waals surface area contributed by atoms with Crippen molar-refractivity contribution < 1.29 is 0 Å². The van der Waals surface area contributed by atoms with Gasteiger partial charge in [-0.05, 0) is 55.0 Å². The second-order valence-electron chi connectivity index (χ2n) is 5.99. The molecule has 0 radical (unpaired) electrons. The maximum absolute atomic E-state index is 4.62. The van der Waals surface area contributed by atoms with E-state index in [-0.39, 0.29) is 6.04 Å². The summed E-state index contributed by atoms with van der Waals surface area (Å²) < 4.78 is 0. The van der Waals surface area contributed by atoms with Crippen molar-refractivity contribution in [1.29, 1.82) is 0 Å². The summed E-state index contributed by atoms with van der Waals surface area (Å²) in [5, 5.41) is 3.60. The van der Waals surface area contributed by atoms with Crippen molar-refractivity contribution in [2.75, 3.05) is 6.54 Å². The Labute approximate surface area is 127 Å². The van der Waals surface area contributed by atoms with Gasteiger partial charge in [0, 0.05) is 6.20 Å². The molecule has 1 aromatic heterocycles. The number of nitrogens with one attached hydrogen (secondary N) is 1. The Kier molecular flexibility index (Phi) is 4.35. The van der Waals surface area contributed by atoms with E-state index in [1.54, 1.807) is 0 Å². The van der Waals surface area contributed by atoms with Gasteiger partial charge in [0.25, 0.3) is 0 Å². The van der Waals surface area contributed by atoms with Crippen molar-refractivity contribution in [2.24, 2.45) is 0 Å². The third-order valence-electron chi connectivity index (χ3n) is 4.55. The highest BCUT2D eigenvalue weighted by molar-refractivity contribution is 5.36. The first-order chi connectivity index (χ1) is 10.3. The van der Waals surface area contributed by atoms with Crippen LogP contribution in [0.3, 0.4) is 0 Å². The number of benzene rings is 1. The van der Waals surface area contributed by atoms with Crippen molar-refractivity contribution in [1.82, 2.24) is 10.3 Å². The van der Waals surface area contributed by atoms with Gasteiger partial charge in [0.2, 0.25) is 0 Å². The molecule has 1 aliphatic rings. The van der Waals surface area contributed by atoms with Crippen LogP contribution in [-0.4, -0.2) is 11.5 Å². The Bertz CT molecular complexity index is 602. The molecule has 0 amide bonds. The molecule has 1 saturated carbocycles. The van der Waals surface area contributed by atoms with E-state index >= 15 is 0 Å². The highest BCUT2D eigenvalue weighted by Crippen LogP contribution is 2.37. The molecular formula is C19H24N2. The summed E-state index contributed by atoms with van der Waals surface area (Å²) in [7, 11) is 0. The SMILES string of the molecule is CCNC(c1cccc(C2CCC2)c1)c1ncccc1C. The van der Waals surface area contributed by atoms with Crippen molar-refractivity contribution >= 4 is 0 Å². The minimum absolute atomic E-state index is 0.191. The van der Waals surface area contributed by atoms with Gasteiger partial charge in [0.15, 0.2) is 0 Å². The Balaban J connectivity index is 1.95. The molecule has 0 spiro atoms. The molecule has 0 aliphatic heterocycles. The van der Waals surface area contributed by atoms with Crippen molar-refractivity contribution in [3.05, 3.63) is 65.0 Å². The fourth-order valence-electron chi connectivity index (χ4n) is 3.11. The predicted molar refractivity (Wildman–Crippen MR) is 87.5 cm³/mol. The minimum Gasteiger partial charge on any atom is -0.305 e. The Morgan fingerprint density at radius 3 is 2.76 bits per heavy atom. The first kappa shape index (κ1) is 14.3. The third kappa shape index (κ3) is 3.01. The Morgan fingerprint density at radius 2 is 2.10 bits per heavy atom.